The zero-order valence-corrected chi connectivity index (χ0v) is 8.98. The first-order chi connectivity index (χ1) is 5.66. The predicted molar refractivity (Wildman–Crippen MR) is 55.9 cm³/mol. The lowest BCUT2D eigenvalue weighted by molar-refractivity contribution is 0.513. The van der Waals surface area contributed by atoms with Crippen LogP contribution < -0.4 is 0 Å². The molecule has 0 amide bonds. The van der Waals surface area contributed by atoms with Gasteiger partial charge in [0.05, 0.1) is 0 Å². The molecule has 0 aromatic rings. The van der Waals surface area contributed by atoms with E-state index in [-0.39, 0.29) is 0 Å². The van der Waals surface area contributed by atoms with Crippen LogP contribution in [0.5, 0.6) is 0 Å². The Morgan fingerprint density at radius 2 is 1.83 bits per heavy atom. The van der Waals surface area contributed by atoms with E-state index in [4.69, 9.17) is 0 Å². The Morgan fingerprint density at radius 3 is 2.33 bits per heavy atom. The Hall–Kier alpha value is -0.440. The van der Waals surface area contributed by atoms with Gasteiger partial charge in [0.2, 0.25) is 0 Å². The molecule has 0 nitrogen and oxygen atoms in total. The fourth-order valence-electron chi connectivity index (χ4n) is 1.28. The summed E-state index contributed by atoms with van der Waals surface area (Å²) in [5.74, 6) is 7.90. The Kier molecular flexibility index (Phi) is 6.96. The molecular formula is C12H22. The van der Waals surface area contributed by atoms with Crippen molar-refractivity contribution in [1.29, 1.82) is 0 Å². The zero-order valence-electron chi connectivity index (χ0n) is 8.98. The summed E-state index contributed by atoms with van der Waals surface area (Å²) in [5, 5.41) is 0. The van der Waals surface area contributed by atoms with Gasteiger partial charge in [-0.2, -0.15) is 0 Å². The summed E-state index contributed by atoms with van der Waals surface area (Å²) in [6, 6.07) is 0. The molecule has 70 valence electrons. The quantitative estimate of drug-likeness (QED) is 0.439. The largest absolute Gasteiger partial charge is 0.103 e. The maximum Gasteiger partial charge on any atom is 0.0177 e. The highest BCUT2D eigenvalue weighted by Crippen LogP contribution is 2.09. The van der Waals surface area contributed by atoms with E-state index in [0.717, 1.165) is 12.3 Å². The third kappa shape index (κ3) is 7.66. The summed E-state index contributed by atoms with van der Waals surface area (Å²) in [4.78, 5) is 0. The molecule has 0 aliphatic carbocycles. The summed E-state index contributed by atoms with van der Waals surface area (Å²) in [6.45, 7) is 8.94. The van der Waals surface area contributed by atoms with Gasteiger partial charge in [-0.1, -0.05) is 34.1 Å². The molecule has 0 heteroatoms. The fourth-order valence-corrected chi connectivity index (χ4v) is 1.28. The van der Waals surface area contributed by atoms with E-state index < -0.39 is 0 Å². The van der Waals surface area contributed by atoms with Gasteiger partial charge in [-0.15, -0.1) is 11.8 Å². The van der Waals surface area contributed by atoms with Gasteiger partial charge in [0, 0.05) is 12.3 Å². The van der Waals surface area contributed by atoms with Crippen LogP contribution in [0.25, 0.3) is 0 Å². The summed E-state index contributed by atoms with van der Waals surface area (Å²) in [6.07, 6.45) is 4.83. The van der Waals surface area contributed by atoms with Crippen LogP contribution in [0.3, 0.4) is 0 Å². The molecule has 0 radical (unpaired) electrons. The molecule has 0 fully saturated rings. The number of unbranched alkanes of at least 4 members (excludes halogenated alkanes) is 2. The molecular weight excluding hydrogens is 144 g/mol. The third-order valence-corrected chi connectivity index (χ3v) is 1.83. The van der Waals surface area contributed by atoms with Crippen LogP contribution in [0.1, 0.15) is 53.4 Å². The normalized spacial score (nSPS) is 12.4. The Bertz CT molecular complexity index is 145. The van der Waals surface area contributed by atoms with E-state index in [9.17, 15) is 0 Å². The average Bonchev–Trinajstić information content (AvgIpc) is 1.97. The number of rotatable bonds is 4. The van der Waals surface area contributed by atoms with Gasteiger partial charge in [0.25, 0.3) is 0 Å². The van der Waals surface area contributed by atoms with Crippen molar-refractivity contribution < 1.29 is 0 Å². The number of hydrogen-bond donors (Lipinski definition) is 0. The molecule has 0 spiro atoms. The molecule has 0 heterocycles. The summed E-state index contributed by atoms with van der Waals surface area (Å²) in [7, 11) is 0. The second-order valence-corrected chi connectivity index (χ2v) is 3.96. The molecule has 0 rings (SSSR count). The lowest BCUT2D eigenvalue weighted by Gasteiger charge is -2.05. The second-order valence-electron chi connectivity index (χ2n) is 3.96. The van der Waals surface area contributed by atoms with E-state index in [0.29, 0.717) is 5.92 Å². The Balaban J connectivity index is 3.49. The van der Waals surface area contributed by atoms with Crippen LogP contribution in [0.4, 0.5) is 0 Å². The van der Waals surface area contributed by atoms with Crippen molar-refractivity contribution in [2.24, 2.45) is 11.8 Å². The molecule has 0 saturated carbocycles. The monoisotopic (exact) mass is 166 g/mol. The van der Waals surface area contributed by atoms with Gasteiger partial charge < -0.3 is 0 Å². The highest BCUT2D eigenvalue weighted by atomic mass is 14.0. The minimum atomic E-state index is 0.585. The first-order valence-corrected chi connectivity index (χ1v) is 5.15. The van der Waals surface area contributed by atoms with E-state index in [2.05, 4.69) is 39.5 Å². The molecule has 0 aromatic carbocycles. The topological polar surface area (TPSA) is 0 Å². The van der Waals surface area contributed by atoms with Crippen LogP contribution in [0.2, 0.25) is 0 Å². The maximum absolute atomic E-state index is 3.30. The van der Waals surface area contributed by atoms with Crippen LogP contribution >= 0.6 is 0 Å². The van der Waals surface area contributed by atoms with Gasteiger partial charge in [-0.3, -0.25) is 0 Å². The lowest BCUT2D eigenvalue weighted by Crippen LogP contribution is -1.96. The average molecular weight is 166 g/mol. The first kappa shape index (κ1) is 11.6. The van der Waals surface area contributed by atoms with Gasteiger partial charge in [-0.25, -0.2) is 0 Å². The van der Waals surface area contributed by atoms with Crippen molar-refractivity contribution in [3.63, 3.8) is 0 Å². The van der Waals surface area contributed by atoms with Crippen molar-refractivity contribution in [3.05, 3.63) is 0 Å². The molecule has 0 aliphatic rings. The third-order valence-electron chi connectivity index (χ3n) is 1.83. The predicted octanol–water partition coefficient (Wildman–Crippen LogP) is 3.86. The van der Waals surface area contributed by atoms with Crippen LogP contribution in [0.15, 0.2) is 0 Å². The Labute approximate surface area is 77.8 Å². The van der Waals surface area contributed by atoms with Crippen LogP contribution in [0, 0.1) is 23.7 Å². The van der Waals surface area contributed by atoms with Crippen molar-refractivity contribution in [1.82, 2.24) is 0 Å². The van der Waals surface area contributed by atoms with Crippen molar-refractivity contribution in [3.8, 4) is 11.8 Å². The molecule has 12 heavy (non-hydrogen) atoms. The summed E-state index contributed by atoms with van der Waals surface area (Å²) < 4.78 is 0. The van der Waals surface area contributed by atoms with Gasteiger partial charge >= 0.3 is 0 Å². The van der Waals surface area contributed by atoms with E-state index >= 15 is 0 Å². The molecule has 0 aliphatic heterocycles. The fraction of sp³-hybridized carbons (Fsp3) is 0.833. The van der Waals surface area contributed by atoms with Crippen molar-refractivity contribution >= 4 is 0 Å². The van der Waals surface area contributed by atoms with Crippen LogP contribution in [-0.4, -0.2) is 0 Å². The summed E-state index contributed by atoms with van der Waals surface area (Å²) >= 11 is 0. The van der Waals surface area contributed by atoms with E-state index in [1.807, 2.05) is 0 Å². The second kappa shape index (κ2) is 7.22. The van der Waals surface area contributed by atoms with E-state index in [1.165, 1.54) is 19.3 Å². The molecule has 0 saturated heterocycles. The number of hydrogen-bond acceptors (Lipinski definition) is 0. The van der Waals surface area contributed by atoms with Gasteiger partial charge in [0.1, 0.15) is 0 Å². The van der Waals surface area contributed by atoms with Gasteiger partial charge in [-0.05, 0) is 18.8 Å². The SMILES string of the molecule is CCCCC#CC(C)CC(C)C. The smallest absolute Gasteiger partial charge is 0.0177 e. The highest BCUT2D eigenvalue weighted by Gasteiger charge is 1.99. The Morgan fingerprint density at radius 1 is 1.17 bits per heavy atom. The molecule has 1 unspecified atom stereocenters. The first-order valence-electron chi connectivity index (χ1n) is 5.15. The van der Waals surface area contributed by atoms with Gasteiger partial charge in [0.15, 0.2) is 0 Å². The summed E-state index contributed by atoms with van der Waals surface area (Å²) in [5.41, 5.74) is 0. The molecule has 0 N–H and O–H groups in total. The van der Waals surface area contributed by atoms with E-state index in [1.54, 1.807) is 0 Å². The zero-order chi connectivity index (χ0) is 9.40. The van der Waals surface area contributed by atoms with Crippen LogP contribution in [-0.2, 0) is 0 Å². The minimum absolute atomic E-state index is 0.585. The molecule has 0 bridgehead atoms. The minimum Gasteiger partial charge on any atom is -0.103 e. The maximum atomic E-state index is 3.30. The standard InChI is InChI=1S/C12H22/c1-5-6-7-8-9-12(4)10-11(2)3/h11-12H,5-7,10H2,1-4H3. The molecule has 0 aromatic heterocycles. The van der Waals surface area contributed by atoms with Crippen molar-refractivity contribution in [2.45, 2.75) is 53.4 Å². The molecule has 1 atom stereocenters. The highest BCUT2D eigenvalue weighted by molar-refractivity contribution is 5.02. The lowest BCUT2D eigenvalue weighted by atomic mass is 9.99. The van der Waals surface area contributed by atoms with Crippen molar-refractivity contribution in [2.75, 3.05) is 0 Å².